The number of thiazole rings is 1. The van der Waals surface area contributed by atoms with Gasteiger partial charge in [-0.1, -0.05) is 48.5 Å². The summed E-state index contributed by atoms with van der Waals surface area (Å²) in [4.78, 5) is 30.8. The largest absolute Gasteiger partial charge is 0.349 e. The predicted octanol–water partition coefficient (Wildman–Crippen LogP) is 4.66. The van der Waals surface area contributed by atoms with Gasteiger partial charge in [0.25, 0.3) is 5.91 Å². The van der Waals surface area contributed by atoms with Crippen LogP contribution < -0.4 is 10.6 Å². The molecule has 0 atom stereocenters. The number of anilines is 1. The maximum atomic E-state index is 12.9. The fourth-order valence-corrected chi connectivity index (χ4v) is 5.08. The van der Waals surface area contributed by atoms with Crippen molar-refractivity contribution in [2.75, 3.05) is 18.4 Å². The van der Waals surface area contributed by atoms with E-state index in [-0.39, 0.29) is 17.7 Å². The van der Waals surface area contributed by atoms with Gasteiger partial charge in [0.15, 0.2) is 5.11 Å². The predicted molar refractivity (Wildman–Crippen MR) is 132 cm³/mol. The highest BCUT2D eigenvalue weighted by Crippen LogP contribution is 2.31. The van der Waals surface area contributed by atoms with Crippen molar-refractivity contribution in [3.8, 4) is 11.1 Å². The van der Waals surface area contributed by atoms with Crippen LogP contribution in [0.4, 0.5) is 5.69 Å². The molecule has 0 unspecified atom stereocenters. The third-order valence-electron chi connectivity index (χ3n) is 5.43. The lowest BCUT2D eigenvalue weighted by Gasteiger charge is -2.32. The molecule has 3 aromatic rings. The molecule has 0 spiro atoms. The topological polar surface area (TPSA) is 74.3 Å². The number of carbonyl (C=O) groups is 2. The van der Waals surface area contributed by atoms with Gasteiger partial charge in [0.1, 0.15) is 5.69 Å². The summed E-state index contributed by atoms with van der Waals surface area (Å²) in [5.74, 6) is -0.0729. The van der Waals surface area contributed by atoms with Crippen molar-refractivity contribution in [1.29, 1.82) is 0 Å². The van der Waals surface area contributed by atoms with Gasteiger partial charge in [-0.15, -0.1) is 11.3 Å². The molecule has 1 aromatic heterocycles. The molecular weight excluding hydrogens is 440 g/mol. The van der Waals surface area contributed by atoms with Crippen molar-refractivity contribution in [1.82, 2.24) is 15.2 Å². The van der Waals surface area contributed by atoms with Crippen LogP contribution in [0.5, 0.6) is 0 Å². The Hall–Kier alpha value is -3.10. The van der Waals surface area contributed by atoms with Crippen LogP contribution in [-0.4, -0.2) is 39.9 Å². The Morgan fingerprint density at radius 3 is 2.47 bits per heavy atom. The number of carbonyl (C=O) groups excluding carboxylic acids is 2. The minimum Gasteiger partial charge on any atom is -0.349 e. The Balaban J connectivity index is 1.40. The number of hydrogen-bond donors (Lipinski definition) is 2. The highest BCUT2D eigenvalue weighted by atomic mass is 32.1. The first-order valence-electron chi connectivity index (χ1n) is 10.5. The Morgan fingerprint density at radius 1 is 1.06 bits per heavy atom. The van der Waals surface area contributed by atoms with Crippen molar-refractivity contribution in [2.45, 2.75) is 25.7 Å². The summed E-state index contributed by atoms with van der Waals surface area (Å²) < 4.78 is 0. The maximum Gasteiger partial charge on any atom is 0.275 e. The van der Waals surface area contributed by atoms with Crippen molar-refractivity contribution < 1.29 is 9.59 Å². The Morgan fingerprint density at radius 2 is 1.75 bits per heavy atom. The fourth-order valence-electron chi connectivity index (χ4n) is 3.79. The third kappa shape index (κ3) is 5.20. The second kappa shape index (κ2) is 10.0. The van der Waals surface area contributed by atoms with Crippen molar-refractivity contribution in [3.63, 3.8) is 0 Å². The van der Waals surface area contributed by atoms with Gasteiger partial charge >= 0.3 is 0 Å². The smallest absolute Gasteiger partial charge is 0.275 e. The second-order valence-electron chi connectivity index (χ2n) is 7.68. The molecule has 32 heavy (non-hydrogen) atoms. The van der Waals surface area contributed by atoms with Gasteiger partial charge in [-0.25, -0.2) is 4.98 Å². The van der Waals surface area contributed by atoms with E-state index in [0.29, 0.717) is 10.8 Å². The van der Waals surface area contributed by atoms with E-state index < -0.39 is 0 Å². The number of thiocarbonyl (C=S) groups is 1. The number of benzene rings is 2. The molecule has 0 radical (unpaired) electrons. The number of aromatic nitrogens is 1. The molecule has 1 aliphatic heterocycles. The molecule has 2 amide bonds. The summed E-state index contributed by atoms with van der Waals surface area (Å²) in [7, 11) is 0. The van der Waals surface area contributed by atoms with Gasteiger partial charge < -0.3 is 15.5 Å². The highest BCUT2D eigenvalue weighted by molar-refractivity contribution is 7.80. The molecule has 164 valence electrons. The first-order valence-corrected chi connectivity index (χ1v) is 11.8. The van der Waals surface area contributed by atoms with Gasteiger partial charge in [0, 0.05) is 42.6 Å². The summed E-state index contributed by atoms with van der Waals surface area (Å²) >= 11 is 6.80. The first-order chi connectivity index (χ1) is 15.5. The Kier molecular flexibility index (Phi) is 6.92. The van der Waals surface area contributed by atoms with Gasteiger partial charge in [0.2, 0.25) is 5.91 Å². The molecule has 2 N–H and O–H groups in total. The number of amides is 2. The van der Waals surface area contributed by atoms with Crippen molar-refractivity contribution >= 4 is 46.2 Å². The van der Waals surface area contributed by atoms with E-state index in [0.717, 1.165) is 47.8 Å². The van der Waals surface area contributed by atoms with E-state index in [2.05, 4.69) is 15.6 Å². The van der Waals surface area contributed by atoms with E-state index in [1.54, 1.807) is 0 Å². The van der Waals surface area contributed by atoms with Crippen molar-refractivity contribution in [2.24, 2.45) is 0 Å². The molecule has 1 fully saturated rings. The Bertz CT molecular complexity index is 1120. The maximum absolute atomic E-state index is 12.9. The number of likely N-dealkylation sites (tertiary alicyclic amines) is 1. The highest BCUT2D eigenvalue weighted by Gasteiger charge is 2.25. The molecule has 4 rings (SSSR count). The molecule has 1 aliphatic rings. The molecule has 6 nitrogen and oxygen atoms in total. The average molecular weight is 465 g/mol. The van der Waals surface area contributed by atoms with Gasteiger partial charge in [-0.05, 0) is 36.7 Å². The van der Waals surface area contributed by atoms with Crippen LogP contribution in [0, 0.1) is 0 Å². The average Bonchev–Trinajstić information content (AvgIpc) is 3.30. The second-order valence-corrected chi connectivity index (χ2v) is 8.96. The van der Waals surface area contributed by atoms with Crippen LogP contribution in [0.15, 0.2) is 60.0 Å². The van der Waals surface area contributed by atoms with E-state index in [1.807, 2.05) is 64.9 Å². The quantitative estimate of drug-likeness (QED) is 0.549. The molecule has 0 saturated carbocycles. The summed E-state index contributed by atoms with van der Waals surface area (Å²) in [6, 6.07) is 17.8. The Labute approximate surface area is 196 Å². The van der Waals surface area contributed by atoms with Crippen LogP contribution in [0.3, 0.4) is 0 Å². The lowest BCUT2D eigenvalue weighted by Crippen LogP contribution is -2.45. The van der Waals surface area contributed by atoms with Crippen LogP contribution >= 0.6 is 23.6 Å². The lowest BCUT2D eigenvalue weighted by molar-refractivity contribution is -0.117. The molecule has 8 heteroatoms. The molecule has 1 saturated heterocycles. The summed E-state index contributed by atoms with van der Waals surface area (Å²) in [6.07, 6.45) is 1.76. The van der Waals surface area contributed by atoms with Gasteiger partial charge in [-0.2, -0.15) is 0 Å². The molecule has 2 aromatic carbocycles. The van der Waals surface area contributed by atoms with Crippen LogP contribution in [0.1, 0.15) is 41.2 Å². The van der Waals surface area contributed by atoms with Crippen LogP contribution in [-0.2, 0) is 4.79 Å². The van der Waals surface area contributed by atoms with E-state index in [1.165, 1.54) is 18.3 Å². The van der Waals surface area contributed by atoms with Crippen LogP contribution in [0.2, 0.25) is 0 Å². The van der Waals surface area contributed by atoms with E-state index >= 15 is 0 Å². The van der Waals surface area contributed by atoms with Crippen molar-refractivity contribution in [3.05, 3.63) is 70.7 Å². The molecule has 2 heterocycles. The fraction of sp³-hybridized carbons (Fsp3) is 0.250. The van der Waals surface area contributed by atoms with Gasteiger partial charge in [-0.3, -0.25) is 9.59 Å². The molecule has 0 bridgehead atoms. The molecule has 0 aliphatic carbocycles. The monoisotopic (exact) mass is 464 g/mol. The summed E-state index contributed by atoms with van der Waals surface area (Å²) in [6.45, 7) is 2.98. The summed E-state index contributed by atoms with van der Waals surface area (Å²) in [5, 5.41) is 8.97. The summed E-state index contributed by atoms with van der Waals surface area (Å²) in [5.41, 5.74) is 3.22. The third-order valence-corrected chi connectivity index (χ3v) is 6.80. The minimum atomic E-state index is -0.208. The SMILES string of the molecule is CC(=O)NC(=S)N1CCC(c2nc(C(=O)Nc3ccccc3-c3ccccc3)cs2)CC1. The minimum absolute atomic E-state index is 0.151. The van der Waals surface area contributed by atoms with Gasteiger partial charge in [0.05, 0.1) is 5.01 Å². The zero-order valence-electron chi connectivity index (χ0n) is 17.7. The van der Waals surface area contributed by atoms with Crippen LogP contribution in [0.25, 0.3) is 11.1 Å². The zero-order valence-corrected chi connectivity index (χ0v) is 19.3. The zero-order chi connectivity index (χ0) is 22.5. The number of nitrogens with one attached hydrogen (secondary N) is 2. The molecular formula is C24H24N4O2S2. The number of para-hydroxylation sites is 1. The normalized spacial score (nSPS) is 14.1. The number of rotatable bonds is 4. The van der Waals surface area contributed by atoms with E-state index in [4.69, 9.17) is 12.2 Å². The lowest BCUT2D eigenvalue weighted by atomic mass is 9.98. The number of hydrogen-bond acceptors (Lipinski definition) is 5. The number of nitrogens with zero attached hydrogens (tertiary/aromatic N) is 2. The number of piperidine rings is 1. The standard InChI is InChI=1S/C24H24N4O2S2/c1-16(29)25-24(31)28-13-11-18(12-14-28)23-27-21(15-32-23)22(30)26-20-10-6-5-9-19(20)17-7-3-2-4-8-17/h2-10,15,18H,11-14H2,1H3,(H,26,30)(H,25,29,31). The first kappa shape index (κ1) is 22.1. The van der Waals surface area contributed by atoms with E-state index in [9.17, 15) is 9.59 Å².